The van der Waals surface area contributed by atoms with Crippen molar-refractivity contribution in [3.63, 3.8) is 0 Å². The van der Waals surface area contributed by atoms with E-state index in [9.17, 15) is 8.42 Å². The first-order valence-electron chi connectivity index (χ1n) is 8.06. The van der Waals surface area contributed by atoms with Gasteiger partial charge in [0.05, 0.1) is 18.0 Å². The number of sulfonamides is 1. The van der Waals surface area contributed by atoms with Crippen LogP contribution in [0.4, 0.5) is 5.69 Å². The molecule has 0 aliphatic heterocycles. The highest BCUT2D eigenvalue weighted by Crippen LogP contribution is 2.32. The number of nitrogens with one attached hydrogen (secondary N) is 1. The van der Waals surface area contributed by atoms with Crippen molar-refractivity contribution in [2.45, 2.75) is 38.6 Å². The predicted octanol–water partition coefficient (Wildman–Crippen LogP) is 4.03. The molecule has 0 radical (unpaired) electrons. The van der Waals surface area contributed by atoms with Gasteiger partial charge in [0.1, 0.15) is 5.75 Å². The van der Waals surface area contributed by atoms with Crippen molar-refractivity contribution in [2.75, 3.05) is 11.3 Å². The normalized spacial score (nSPS) is 12.0. The number of benzene rings is 1. The molecule has 0 spiro atoms. The van der Waals surface area contributed by atoms with Crippen LogP contribution < -0.4 is 9.46 Å². The molecule has 3 aromatic rings. The van der Waals surface area contributed by atoms with Crippen LogP contribution in [0, 0.1) is 6.92 Å². The molecule has 8 heteroatoms. The average molecular weight is 380 g/mol. The topological polar surface area (TPSA) is 72.7 Å². The number of aromatic nitrogens is 2. The number of hydrogen-bond acceptors (Lipinski definition) is 5. The molecule has 6 nitrogen and oxygen atoms in total. The van der Waals surface area contributed by atoms with Gasteiger partial charge in [0.15, 0.2) is 9.99 Å². The fourth-order valence-electron chi connectivity index (χ4n) is 2.62. The Morgan fingerprint density at radius 3 is 2.72 bits per heavy atom. The lowest BCUT2D eigenvalue weighted by molar-refractivity contribution is 0.342. The first-order chi connectivity index (χ1) is 11.8. The summed E-state index contributed by atoms with van der Waals surface area (Å²) in [7, 11) is -3.82. The minimum atomic E-state index is -3.82. The Morgan fingerprint density at radius 1 is 1.32 bits per heavy atom. The largest absolute Gasteiger partial charge is 0.492 e. The van der Waals surface area contributed by atoms with E-state index >= 15 is 0 Å². The van der Waals surface area contributed by atoms with Crippen LogP contribution in [0.1, 0.15) is 37.3 Å². The van der Waals surface area contributed by atoms with E-state index in [1.165, 1.54) is 11.3 Å². The average Bonchev–Trinajstić information content (AvgIpc) is 3.05. The predicted molar refractivity (Wildman–Crippen MR) is 100 cm³/mol. The number of thiazole rings is 1. The third kappa shape index (κ3) is 3.36. The van der Waals surface area contributed by atoms with Gasteiger partial charge in [-0.1, -0.05) is 26.0 Å². The van der Waals surface area contributed by atoms with Crippen molar-refractivity contribution in [3.8, 4) is 5.75 Å². The van der Waals surface area contributed by atoms with E-state index in [1.54, 1.807) is 22.6 Å². The minimum absolute atomic E-state index is 0.0129. The maximum atomic E-state index is 13.1. The molecule has 0 atom stereocenters. The lowest BCUT2D eigenvalue weighted by Gasteiger charge is -2.14. The van der Waals surface area contributed by atoms with Crippen LogP contribution in [0.25, 0.3) is 4.96 Å². The quantitative estimate of drug-likeness (QED) is 0.702. The lowest BCUT2D eigenvalue weighted by atomic mass is 10.2. The van der Waals surface area contributed by atoms with Gasteiger partial charge in [0, 0.05) is 11.1 Å². The summed E-state index contributed by atoms with van der Waals surface area (Å²) in [6.45, 7) is 8.12. The van der Waals surface area contributed by atoms with Gasteiger partial charge in [-0.25, -0.2) is 4.98 Å². The molecular weight excluding hydrogens is 358 g/mol. The van der Waals surface area contributed by atoms with Crippen LogP contribution in [-0.4, -0.2) is 24.4 Å². The molecule has 0 aliphatic rings. The summed E-state index contributed by atoms with van der Waals surface area (Å²) in [6, 6.07) is 7.01. The Morgan fingerprint density at radius 2 is 2.04 bits per heavy atom. The van der Waals surface area contributed by atoms with E-state index in [0.717, 1.165) is 4.88 Å². The molecule has 0 saturated heterocycles. The zero-order valence-corrected chi connectivity index (χ0v) is 16.2. The zero-order valence-electron chi connectivity index (χ0n) is 14.6. The summed E-state index contributed by atoms with van der Waals surface area (Å²) >= 11 is 1.47. The second-order valence-electron chi connectivity index (χ2n) is 5.99. The summed E-state index contributed by atoms with van der Waals surface area (Å²) in [5, 5.41) is 0.188. The summed E-state index contributed by atoms with van der Waals surface area (Å²) in [4.78, 5) is 6.21. The highest BCUT2D eigenvalue weighted by molar-refractivity contribution is 7.92. The first kappa shape index (κ1) is 17.8. The van der Waals surface area contributed by atoms with Crippen LogP contribution in [0.2, 0.25) is 0 Å². The van der Waals surface area contributed by atoms with Crippen molar-refractivity contribution in [1.29, 1.82) is 0 Å². The minimum Gasteiger partial charge on any atom is -0.492 e. The van der Waals surface area contributed by atoms with Gasteiger partial charge in [-0.2, -0.15) is 8.42 Å². The highest BCUT2D eigenvalue weighted by Gasteiger charge is 2.28. The number of anilines is 1. The van der Waals surface area contributed by atoms with Gasteiger partial charge in [0.2, 0.25) is 0 Å². The van der Waals surface area contributed by atoms with Crippen molar-refractivity contribution in [3.05, 3.63) is 41.0 Å². The number of imidazole rings is 1. The number of fused-ring (bicyclic) bond motifs is 1. The molecule has 2 heterocycles. The molecule has 1 N–H and O–H groups in total. The fourth-order valence-corrected chi connectivity index (χ4v) is 5.02. The standard InChI is InChI=1S/C17H21N3O3S2/c1-5-23-14-9-7-6-8-13(14)19-25(21,22)16-15(11(2)3)18-17-20(16)10-12(4)24-17/h6-11,19H,5H2,1-4H3. The molecule has 0 saturated carbocycles. The van der Waals surface area contributed by atoms with Gasteiger partial charge in [-0.05, 0) is 31.9 Å². The molecule has 2 aromatic heterocycles. The molecule has 3 rings (SSSR count). The Hall–Kier alpha value is -2.06. The molecule has 0 fully saturated rings. The van der Waals surface area contributed by atoms with E-state index in [-0.39, 0.29) is 10.9 Å². The maximum absolute atomic E-state index is 13.1. The van der Waals surface area contributed by atoms with Gasteiger partial charge < -0.3 is 4.74 Å². The van der Waals surface area contributed by atoms with Gasteiger partial charge in [-0.3, -0.25) is 9.12 Å². The van der Waals surface area contributed by atoms with E-state index in [4.69, 9.17) is 4.74 Å². The molecule has 0 amide bonds. The molecule has 0 bridgehead atoms. The van der Waals surface area contributed by atoms with E-state index in [2.05, 4.69) is 9.71 Å². The van der Waals surface area contributed by atoms with Crippen molar-refractivity contribution in [2.24, 2.45) is 0 Å². The Balaban J connectivity index is 2.12. The van der Waals surface area contributed by atoms with Gasteiger partial charge >= 0.3 is 0 Å². The molecule has 0 unspecified atom stereocenters. The second kappa shape index (κ2) is 6.68. The fraction of sp³-hybridized carbons (Fsp3) is 0.353. The Kier molecular flexibility index (Phi) is 4.75. The van der Waals surface area contributed by atoms with E-state index < -0.39 is 10.0 Å². The third-order valence-corrected chi connectivity index (χ3v) is 5.96. The summed E-state index contributed by atoms with van der Waals surface area (Å²) in [5.74, 6) is 0.489. The summed E-state index contributed by atoms with van der Waals surface area (Å²) in [5.41, 5.74) is 0.980. The number of nitrogens with zero attached hydrogens (tertiary/aromatic N) is 2. The summed E-state index contributed by atoms with van der Waals surface area (Å²) < 4.78 is 36.1. The van der Waals surface area contributed by atoms with Gasteiger partial charge in [-0.15, -0.1) is 11.3 Å². The second-order valence-corrected chi connectivity index (χ2v) is 8.80. The smallest absolute Gasteiger partial charge is 0.279 e. The molecule has 0 aliphatic carbocycles. The number of aryl methyl sites for hydroxylation is 1. The number of para-hydroxylation sites is 2. The molecule has 25 heavy (non-hydrogen) atoms. The zero-order chi connectivity index (χ0) is 18.2. The van der Waals surface area contributed by atoms with Crippen molar-refractivity contribution in [1.82, 2.24) is 9.38 Å². The highest BCUT2D eigenvalue weighted by atomic mass is 32.2. The van der Waals surface area contributed by atoms with Crippen molar-refractivity contribution < 1.29 is 13.2 Å². The number of hydrogen-bond donors (Lipinski definition) is 1. The lowest BCUT2D eigenvalue weighted by Crippen LogP contribution is -2.17. The monoisotopic (exact) mass is 379 g/mol. The maximum Gasteiger partial charge on any atom is 0.279 e. The number of ether oxygens (including phenoxy) is 1. The number of rotatable bonds is 6. The first-order valence-corrected chi connectivity index (χ1v) is 10.4. The van der Waals surface area contributed by atoms with E-state index in [1.807, 2.05) is 40.0 Å². The molecule has 134 valence electrons. The Bertz CT molecular complexity index is 1000. The molecule has 1 aromatic carbocycles. The van der Waals surface area contributed by atoms with Crippen molar-refractivity contribution >= 4 is 32.0 Å². The Labute approximate surface area is 151 Å². The third-order valence-electron chi connectivity index (χ3n) is 3.66. The van der Waals surface area contributed by atoms with Crippen LogP contribution in [-0.2, 0) is 10.0 Å². The SMILES string of the molecule is CCOc1ccccc1NS(=O)(=O)c1c(C(C)C)nc2sc(C)cn12. The molecular formula is C17H21N3O3S2. The van der Waals surface area contributed by atoms with Crippen LogP contribution >= 0.6 is 11.3 Å². The van der Waals surface area contributed by atoms with Crippen LogP contribution in [0.5, 0.6) is 5.75 Å². The summed E-state index contributed by atoms with van der Waals surface area (Å²) in [6.07, 6.45) is 1.81. The van der Waals surface area contributed by atoms with Gasteiger partial charge in [0.25, 0.3) is 10.0 Å². The van der Waals surface area contributed by atoms with E-state index in [0.29, 0.717) is 28.7 Å². The van der Waals surface area contributed by atoms with Crippen LogP contribution in [0.15, 0.2) is 35.5 Å². The van der Waals surface area contributed by atoms with Crippen LogP contribution in [0.3, 0.4) is 0 Å².